The van der Waals surface area contributed by atoms with Crippen LogP contribution in [0.3, 0.4) is 0 Å². The molecule has 0 aliphatic heterocycles. The first-order valence-corrected chi connectivity index (χ1v) is 5.02. The molecule has 3 nitrogen and oxygen atoms in total. The lowest BCUT2D eigenvalue weighted by molar-refractivity contribution is 0.112. The third kappa shape index (κ3) is 0.967. The normalized spacial score (nSPS) is 11.6. The third-order valence-corrected chi connectivity index (χ3v) is 3.09. The molecule has 0 aromatic carbocycles. The van der Waals surface area contributed by atoms with Crippen LogP contribution >= 0.6 is 23.2 Å². The number of hydrogen-bond donors (Lipinski definition) is 0. The van der Waals surface area contributed by atoms with E-state index in [0.29, 0.717) is 21.4 Å². The van der Waals surface area contributed by atoms with Crippen LogP contribution in [0, 0.1) is 0 Å². The van der Waals surface area contributed by atoms with Crippen molar-refractivity contribution in [3.8, 4) is 0 Å². The molecule has 3 rings (SSSR count). The molecule has 0 spiro atoms. The summed E-state index contributed by atoms with van der Waals surface area (Å²) in [6.07, 6.45) is 0.736. The predicted octanol–water partition coefficient (Wildman–Crippen LogP) is 3.04. The fourth-order valence-corrected chi connectivity index (χ4v) is 2.30. The number of aldehydes is 1. The van der Waals surface area contributed by atoms with Crippen LogP contribution in [0.2, 0.25) is 10.2 Å². The van der Waals surface area contributed by atoms with Gasteiger partial charge >= 0.3 is 0 Å². The Bertz CT molecular complexity index is 674. The molecule has 0 radical (unpaired) electrons. The number of imidazole rings is 1. The molecule has 0 unspecified atom stereocenters. The number of hydrogen-bond acceptors (Lipinski definition) is 2. The van der Waals surface area contributed by atoms with Crippen molar-refractivity contribution in [2.24, 2.45) is 0 Å². The number of carbonyl (C=O) groups excluding carboxylic acids is 1. The smallest absolute Gasteiger partial charge is 0.159 e. The second kappa shape index (κ2) is 2.84. The molecule has 15 heavy (non-hydrogen) atoms. The van der Waals surface area contributed by atoms with Crippen molar-refractivity contribution in [1.29, 1.82) is 0 Å². The lowest BCUT2D eigenvalue weighted by Gasteiger charge is -1.94. The third-order valence-electron chi connectivity index (χ3n) is 2.44. The van der Waals surface area contributed by atoms with Gasteiger partial charge in [-0.05, 0) is 12.1 Å². The van der Waals surface area contributed by atoms with E-state index in [-0.39, 0.29) is 0 Å². The summed E-state index contributed by atoms with van der Waals surface area (Å²) >= 11 is 12.0. The molecule has 0 aliphatic carbocycles. The summed E-state index contributed by atoms with van der Waals surface area (Å²) in [5, 5.41) is 0.753. The molecule has 5 heteroatoms. The number of aromatic nitrogens is 2. The number of rotatable bonds is 1. The van der Waals surface area contributed by atoms with Crippen LogP contribution in [0.25, 0.3) is 16.7 Å². The zero-order valence-electron chi connectivity index (χ0n) is 7.37. The van der Waals surface area contributed by atoms with E-state index in [4.69, 9.17) is 23.2 Å². The van der Waals surface area contributed by atoms with Crippen molar-refractivity contribution in [2.45, 2.75) is 0 Å². The van der Waals surface area contributed by atoms with Gasteiger partial charge in [-0.3, -0.25) is 9.20 Å². The quantitative estimate of drug-likeness (QED) is 0.611. The molecule has 0 atom stereocenters. The minimum Gasteiger partial charge on any atom is -0.298 e. The Morgan fingerprint density at radius 3 is 2.73 bits per heavy atom. The highest BCUT2D eigenvalue weighted by Crippen LogP contribution is 2.33. The topological polar surface area (TPSA) is 34.4 Å². The van der Waals surface area contributed by atoms with Crippen LogP contribution in [0.5, 0.6) is 0 Å². The van der Waals surface area contributed by atoms with Gasteiger partial charge in [-0.2, -0.15) is 0 Å². The van der Waals surface area contributed by atoms with Crippen LogP contribution < -0.4 is 0 Å². The standard InChI is InChI=1S/C10H4Cl2N2O/c11-8-5(4-15)6-2-1-3-7-9(12)13-10(8)14(6)7/h1-4H. The van der Waals surface area contributed by atoms with Gasteiger partial charge in [0.25, 0.3) is 0 Å². The molecule has 0 N–H and O–H groups in total. The molecule has 3 heterocycles. The van der Waals surface area contributed by atoms with Gasteiger partial charge in [-0.15, -0.1) is 0 Å². The van der Waals surface area contributed by atoms with Gasteiger partial charge in [0.05, 0.1) is 21.6 Å². The molecule has 74 valence electrons. The fourth-order valence-electron chi connectivity index (χ4n) is 1.80. The molecule has 0 saturated heterocycles. The molecule has 0 bridgehead atoms. The summed E-state index contributed by atoms with van der Waals surface area (Å²) in [6.45, 7) is 0. The largest absolute Gasteiger partial charge is 0.298 e. The van der Waals surface area contributed by atoms with Crippen LogP contribution in [0.1, 0.15) is 10.4 Å². The predicted molar refractivity (Wildman–Crippen MR) is 59.3 cm³/mol. The number of carbonyl (C=O) groups is 1. The van der Waals surface area contributed by atoms with Gasteiger partial charge in [-0.1, -0.05) is 29.3 Å². The fraction of sp³-hybridized carbons (Fsp3) is 0. The van der Waals surface area contributed by atoms with E-state index in [0.717, 1.165) is 17.3 Å². The SMILES string of the molecule is O=Cc1c(Cl)c2nc(Cl)c3cccc1n32. The van der Waals surface area contributed by atoms with E-state index in [1.807, 2.05) is 18.2 Å². The zero-order valence-corrected chi connectivity index (χ0v) is 8.88. The van der Waals surface area contributed by atoms with E-state index >= 15 is 0 Å². The summed E-state index contributed by atoms with van der Waals surface area (Å²) in [6, 6.07) is 5.47. The average molecular weight is 239 g/mol. The summed E-state index contributed by atoms with van der Waals surface area (Å²) in [5.41, 5.74) is 2.50. The van der Waals surface area contributed by atoms with Crippen molar-refractivity contribution >= 4 is 46.2 Å². The monoisotopic (exact) mass is 238 g/mol. The number of pyridine rings is 1. The van der Waals surface area contributed by atoms with Crippen molar-refractivity contribution in [3.63, 3.8) is 0 Å². The Morgan fingerprint density at radius 1 is 1.27 bits per heavy atom. The Balaban J connectivity index is 2.70. The van der Waals surface area contributed by atoms with Crippen molar-refractivity contribution in [2.75, 3.05) is 0 Å². The highest BCUT2D eigenvalue weighted by atomic mass is 35.5. The summed E-state index contributed by atoms with van der Waals surface area (Å²) in [5.74, 6) is 0. The molecule has 0 fully saturated rings. The second-order valence-electron chi connectivity index (χ2n) is 3.20. The van der Waals surface area contributed by atoms with Crippen molar-refractivity contribution < 1.29 is 4.79 Å². The van der Waals surface area contributed by atoms with E-state index in [1.54, 1.807) is 4.40 Å². The lowest BCUT2D eigenvalue weighted by atomic mass is 10.3. The van der Waals surface area contributed by atoms with Gasteiger partial charge in [0, 0.05) is 0 Å². The number of nitrogens with zero attached hydrogens (tertiary/aromatic N) is 2. The first kappa shape index (κ1) is 8.95. The molecule has 0 saturated carbocycles. The van der Waals surface area contributed by atoms with Gasteiger partial charge in [0.1, 0.15) is 0 Å². The Hall–Kier alpha value is -1.32. The summed E-state index contributed by atoms with van der Waals surface area (Å²) in [7, 11) is 0. The summed E-state index contributed by atoms with van der Waals surface area (Å²) < 4.78 is 1.79. The zero-order chi connectivity index (χ0) is 10.6. The lowest BCUT2D eigenvalue weighted by Crippen LogP contribution is -1.83. The van der Waals surface area contributed by atoms with Gasteiger partial charge in [0.15, 0.2) is 17.1 Å². The maximum absolute atomic E-state index is 10.9. The van der Waals surface area contributed by atoms with Crippen molar-refractivity contribution in [1.82, 2.24) is 9.38 Å². The minimum atomic E-state index is 0.355. The van der Waals surface area contributed by atoms with E-state index < -0.39 is 0 Å². The maximum Gasteiger partial charge on any atom is 0.159 e. The molecule has 3 aromatic heterocycles. The van der Waals surface area contributed by atoms with E-state index in [2.05, 4.69) is 4.98 Å². The highest BCUT2D eigenvalue weighted by Gasteiger charge is 2.18. The van der Waals surface area contributed by atoms with Crippen LogP contribution in [0.15, 0.2) is 18.2 Å². The highest BCUT2D eigenvalue weighted by molar-refractivity contribution is 6.38. The van der Waals surface area contributed by atoms with E-state index in [1.165, 1.54) is 0 Å². The van der Waals surface area contributed by atoms with Crippen molar-refractivity contribution in [3.05, 3.63) is 33.9 Å². The molecule has 0 amide bonds. The van der Waals surface area contributed by atoms with Gasteiger partial charge in [0.2, 0.25) is 0 Å². The maximum atomic E-state index is 10.9. The molecular weight excluding hydrogens is 235 g/mol. The number of halogens is 2. The average Bonchev–Trinajstić information content (AvgIpc) is 2.70. The first-order chi connectivity index (χ1) is 7.24. The first-order valence-electron chi connectivity index (χ1n) is 4.26. The molecular formula is C10H4Cl2N2O. The second-order valence-corrected chi connectivity index (χ2v) is 3.94. The Labute approximate surface area is 94.6 Å². The van der Waals surface area contributed by atoms with Gasteiger partial charge < -0.3 is 0 Å². The molecule has 0 aliphatic rings. The van der Waals surface area contributed by atoms with E-state index in [9.17, 15) is 4.79 Å². The minimum absolute atomic E-state index is 0.355. The van der Waals surface area contributed by atoms with Crippen LogP contribution in [-0.2, 0) is 0 Å². The van der Waals surface area contributed by atoms with Gasteiger partial charge in [-0.25, -0.2) is 4.98 Å². The molecule has 3 aromatic rings. The summed E-state index contributed by atoms with van der Waals surface area (Å²) in [4.78, 5) is 15.0. The van der Waals surface area contributed by atoms with Crippen LogP contribution in [-0.4, -0.2) is 15.7 Å². The van der Waals surface area contributed by atoms with Crippen LogP contribution in [0.4, 0.5) is 0 Å². The Morgan fingerprint density at radius 2 is 2.00 bits per heavy atom. The Kier molecular flexibility index (Phi) is 1.69.